The molecule has 0 aliphatic heterocycles. The molecule has 1 amide bonds. The van der Waals surface area contributed by atoms with Gasteiger partial charge in [-0.15, -0.1) is 0 Å². The predicted molar refractivity (Wildman–Crippen MR) is 82.7 cm³/mol. The first-order chi connectivity index (χ1) is 11.1. The van der Waals surface area contributed by atoms with Crippen LogP contribution in [0.5, 0.6) is 0 Å². The molecule has 0 aliphatic carbocycles. The van der Waals surface area contributed by atoms with Gasteiger partial charge in [-0.25, -0.2) is 14.6 Å². The van der Waals surface area contributed by atoms with E-state index in [0.717, 1.165) is 5.56 Å². The quantitative estimate of drug-likeness (QED) is 0.844. The molecule has 2 rings (SSSR count). The van der Waals surface area contributed by atoms with Crippen molar-refractivity contribution in [3.05, 3.63) is 65.5 Å². The van der Waals surface area contributed by atoms with E-state index in [-0.39, 0.29) is 18.7 Å². The summed E-state index contributed by atoms with van der Waals surface area (Å²) in [6.45, 7) is 0.300. The minimum absolute atomic E-state index is 0.0955. The van der Waals surface area contributed by atoms with Crippen molar-refractivity contribution in [1.82, 2.24) is 10.3 Å². The molecule has 0 saturated carbocycles. The second-order valence-electron chi connectivity index (χ2n) is 4.45. The summed E-state index contributed by atoms with van der Waals surface area (Å²) in [6.07, 6.45) is 0.672. The number of aromatic carboxylic acids is 1. The molecule has 1 aromatic carbocycles. The zero-order valence-corrected chi connectivity index (χ0v) is 12.2. The third kappa shape index (κ3) is 5.52. The van der Waals surface area contributed by atoms with Crippen molar-refractivity contribution in [2.45, 2.75) is 6.61 Å². The SMILES string of the molecule is O=C(NCC#Cc1ccc(C(=O)O)cn1)OCc1ccccc1. The van der Waals surface area contributed by atoms with Crippen LogP contribution in [-0.2, 0) is 11.3 Å². The van der Waals surface area contributed by atoms with Crippen molar-refractivity contribution in [2.75, 3.05) is 6.54 Å². The Morgan fingerprint density at radius 2 is 1.96 bits per heavy atom. The van der Waals surface area contributed by atoms with Crippen LogP contribution in [-0.4, -0.2) is 28.7 Å². The highest BCUT2D eigenvalue weighted by Gasteiger charge is 2.02. The van der Waals surface area contributed by atoms with Crippen LogP contribution in [0.25, 0.3) is 0 Å². The summed E-state index contributed by atoms with van der Waals surface area (Å²) in [4.78, 5) is 26.0. The summed E-state index contributed by atoms with van der Waals surface area (Å²) in [5.41, 5.74) is 1.42. The summed E-state index contributed by atoms with van der Waals surface area (Å²) in [7, 11) is 0. The van der Waals surface area contributed by atoms with Gasteiger partial charge in [-0.05, 0) is 23.6 Å². The standard InChI is InChI=1S/C17H14N2O4/c20-16(21)14-8-9-15(19-11-14)7-4-10-18-17(22)23-12-13-5-2-1-3-6-13/h1-3,5-6,8-9,11H,10,12H2,(H,18,22)(H,20,21). The Labute approximate surface area is 133 Å². The number of nitrogens with zero attached hydrogens (tertiary/aromatic N) is 1. The van der Waals surface area contributed by atoms with Gasteiger partial charge in [-0.2, -0.15) is 0 Å². The zero-order valence-electron chi connectivity index (χ0n) is 12.2. The largest absolute Gasteiger partial charge is 0.478 e. The molecule has 116 valence electrons. The molecule has 0 aliphatic rings. The third-order valence-corrected chi connectivity index (χ3v) is 2.76. The molecule has 0 radical (unpaired) electrons. The van der Waals surface area contributed by atoms with E-state index in [4.69, 9.17) is 9.84 Å². The number of carbonyl (C=O) groups excluding carboxylic acids is 1. The molecule has 0 bridgehead atoms. The van der Waals surface area contributed by atoms with Crippen molar-refractivity contribution in [3.8, 4) is 11.8 Å². The number of hydrogen-bond donors (Lipinski definition) is 2. The molecule has 0 atom stereocenters. The van der Waals surface area contributed by atoms with Gasteiger partial charge in [-0.1, -0.05) is 36.3 Å². The van der Waals surface area contributed by atoms with Gasteiger partial charge in [0.25, 0.3) is 0 Å². The number of ether oxygens (including phenoxy) is 1. The Kier molecular flexibility index (Phi) is 5.72. The molecular weight excluding hydrogens is 296 g/mol. The lowest BCUT2D eigenvalue weighted by Crippen LogP contribution is -2.24. The fourth-order valence-electron chi connectivity index (χ4n) is 1.62. The second kappa shape index (κ2) is 8.20. The van der Waals surface area contributed by atoms with Gasteiger partial charge in [0.2, 0.25) is 0 Å². The number of nitrogens with one attached hydrogen (secondary N) is 1. The number of aromatic nitrogens is 1. The predicted octanol–water partition coefficient (Wildman–Crippen LogP) is 2.06. The summed E-state index contributed by atoms with van der Waals surface area (Å²) < 4.78 is 5.02. The van der Waals surface area contributed by atoms with Gasteiger partial charge in [0.05, 0.1) is 12.1 Å². The van der Waals surface area contributed by atoms with Gasteiger partial charge < -0.3 is 15.2 Å². The van der Waals surface area contributed by atoms with Gasteiger partial charge in [-0.3, -0.25) is 0 Å². The average molecular weight is 310 g/mol. The van der Waals surface area contributed by atoms with E-state index in [1.165, 1.54) is 18.3 Å². The highest BCUT2D eigenvalue weighted by atomic mass is 16.5. The van der Waals surface area contributed by atoms with Crippen molar-refractivity contribution in [2.24, 2.45) is 0 Å². The average Bonchev–Trinajstić information content (AvgIpc) is 2.58. The molecule has 0 spiro atoms. The fraction of sp³-hybridized carbons (Fsp3) is 0.118. The Morgan fingerprint density at radius 3 is 2.61 bits per heavy atom. The van der Waals surface area contributed by atoms with Crippen LogP contribution >= 0.6 is 0 Å². The monoisotopic (exact) mass is 310 g/mol. The molecule has 0 unspecified atom stereocenters. The van der Waals surface area contributed by atoms with E-state index in [0.29, 0.717) is 5.69 Å². The normalized spacial score (nSPS) is 9.39. The molecule has 0 saturated heterocycles. The lowest BCUT2D eigenvalue weighted by atomic mass is 10.2. The van der Waals surface area contributed by atoms with Gasteiger partial charge in [0, 0.05) is 6.20 Å². The maximum Gasteiger partial charge on any atom is 0.408 e. The van der Waals surface area contributed by atoms with Crippen LogP contribution in [0.3, 0.4) is 0 Å². The number of hydrogen-bond acceptors (Lipinski definition) is 4. The van der Waals surface area contributed by atoms with Crippen LogP contribution in [0.4, 0.5) is 4.79 Å². The summed E-state index contributed by atoms with van der Waals surface area (Å²) in [5.74, 6) is 4.38. The van der Waals surface area contributed by atoms with E-state index in [9.17, 15) is 9.59 Å². The molecule has 2 N–H and O–H groups in total. The van der Waals surface area contributed by atoms with Crippen molar-refractivity contribution in [3.63, 3.8) is 0 Å². The van der Waals surface area contributed by atoms with E-state index < -0.39 is 12.1 Å². The Balaban J connectivity index is 1.74. The maximum absolute atomic E-state index is 11.5. The van der Waals surface area contributed by atoms with E-state index >= 15 is 0 Å². The van der Waals surface area contributed by atoms with Crippen LogP contribution in [0, 0.1) is 11.8 Å². The lowest BCUT2D eigenvalue weighted by Gasteiger charge is -2.04. The number of rotatable bonds is 4. The third-order valence-electron chi connectivity index (χ3n) is 2.76. The number of carboxylic acids is 1. The molecule has 2 aromatic rings. The van der Waals surface area contributed by atoms with Crippen molar-refractivity contribution in [1.29, 1.82) is 0 Å². The van der Waals surface area contributed by atoms with Crippen LogP contribution < -0.4 is 5.32 Å². The summed E-state index contributed by atoms with van der Waals surface area (Å²) >= 11 is 0. The number of carbonyl (C=O) groups is 2. The number of benzene rings is 1. The van der Waals surface area contributed by atoms with E-state index in [2.05, 4.69) is 22.1 Å². The molecule has 1 heterocycles. The minimum Gasteiger partial charge on any atom is -0.478 e. The number of amides is 1. The van der Waals surface area contributed by atoms with Gasteiger partial charge in [0.1, 0.15) is 12.3 Å². The minimum atomic E-state index is -1.04. The Bertz CT molecular complexity index is 731. The van der Waals surface area contributed by atoms with Crippen molar-refractivity contribution >= 4 is 12.1 Å². The smallest absolute Gasteiger partial charge is 0.408 e. The number of carboxylic acid groups (broad SMARTS) is 1. The first kappa shape index (κ1) is 16.0. The zero-order chi connectivity index (χ0) is 16.5. The van der Waals surface area contributed by atoms with Crippen LogP contribution in [0.2, 0.25) is 0 Å². The fourth-order valence-corrected chi connectivity index (χ4v) is 1.62. The second-order valence-corrected chi connectivity index (χ2v) is 4.45. The summed E-state index contributed by atoms with van der Waals surface area (Å²) in [5, 5.41) is 11.2. The molecule has 23 heavy (non-hydrogen) atoms. The van der Waals surface area contributed by atoms with E-state index in [1.807, 2.05) is 30.3 Å². The van der Waals surface area contributed by atoms with Gasteiger partial charge in [0.15, 0.2) is 0 Å². The molecule has 6 heteroatoms. The number of pyridine rings is 1. The highest BCUT2D eigenvalue weighted by Crippen LogP contribution is 2.00. The van der Waals surface area contributed by atoms with Crippen LogP contribution in [0.1, 0.15) is 21.6 Å². The molecule has 0 fully saturated rings. The first-order valence-electron chi connectivity index (χ1n) is 6.78. The Hall–Kier alpha value is -3.33. The number of alkyl carbamates (subject to hydrolysis) is 1. The summed E-state index contributed by atoms with van der Waals surface area (Å²) in [6, 6.07) is 12.3. The van der Waals surface area contributed by atoms with Crippen molar-refractivity contribution < 1.29 is 19.4 Å². The lowest BCUT2D eigenvalue weighted by molar-refractivity contribution is 0.0696. The molecular formula is C17H14N2O4. The maximum atomic E-state index is 11.5. The van der Waals surface area contributed by atoms with Gasteiger partial charge >= 0.3 is 12.1 Å². The topological polar surface area (TPSA) is 88.5 Å². The van der Waals surface area contributed by atoms with Crippen LogP contribution in [0.15, 0.2) is 48.7 Å². The highest BCUT2D eigenvalue weighted by molar-refractivity contribution is 5.87. The molecule has 6 nitrogen and oxygen atoms in total. The molecule has 1 aromatic heterocycles. The first-order valence-corrected chi connectivity index (χ1v) is 6.78. The van der Waals surface area contributed by atoms with E-state index in [1.54, 1.807) is 0 Å². The Morgan fingerprint density at radius 1 is 1.17 bits per heavy atom.